The number of hydrogen-bond donors (Lipinski definition) is 1. The number of hydrogen-bond acceptors (Lipinski definition) is 1. The van der Waals surface area contributed by atoms with Gasteiger partial charge in [0.25, 0.3) is 0 Å². The molecule has 2 nitrogen and oxygen atoms in total. The van der Waals surface area contributed by atoms with Crippen LogP contribution in [-0.2, 0) is 6.42 Å². The van der Waals surface area contributed by atoms with E-state index < -0.39 is 0 Å². The first-order valence-electron chi connectivity index (χ1n) is 5.90. The van der Waals surface area contributed by atoms with Crippen molar-refractivity contribution in [2.45, 2.75) is 24.8 Å². The number of rotatable bonds is 1. The molecule has 1 aromatic carbocycles. The summed E-state index contributed by atoms with van der Waals surface area (Å²) in [5.74, 6) is 0.675. The van der Waals surface area contributed by atoms with Crippen molar-refractivity contribution < 1.29 is 0 Å². The van der Waals surface area contributed by atoms with Gasteiger partial charge in [0.15, 0.2) is 0 Å². The Labute approximate surface area is 91.1 Å². The zero-order chi connectivity index (χ0) is 10.1. The van der Waals surface area contributed by atoms with Gasteiger partial charge in [0.05, 0.1) is 0 Å². The van der Waals surface area contributed by atoms with Gasteiger partial charge in [0.1, 0.15) is 0 Å². The van der Waals surface area contributed by atoms with Gasteiger partial charge in [-0.1, -0.05) is 24.3 Å². The van der Waals surface area contributed by atoms with Crippen molar-refractivity contribution in [3.05, 3.63) is 35.4 Å². The van der Waals surface area contributed by atoms with Crippen molar-refractivity contribution in [2.75, 3.05) is 19.6 Å². The minimum atomic E-state index is 0.516. The summed E-state index contributed by atoms with van der Waals surface area (Å²) in [7, 11) is 0. The standard InChI is InChI=1S/C13H17N2/c1-2-4-11-10(3-1)5-6-12(11)13-9-14-7-8-15-13/h1-4,12-14H,5-9H2. The second kappa shape index (κ2) is 3.95. The molecular formula is C13H17N2. The molecule has 1 aliphatic heterocycles. The lowest BCUT2D eigenvalue weighted by atomic mass is 9.92. The summed E-state index contributed by atoms with van der Waals surface area (Å²) in [6.45, 7) is 3.12. The van der Waals surface area contributed by atoms with Crippen molar-refractivity contribution in [1.82, 2.24) is 10.6 Å². The maximum atomic E-state index is 4.75. The third kappa shape index (κ3) is 1.68. The Balaban J connectivity index is 1.83. The molecule has 3 rings (SSSR count). The van der Waals surface area contributed by atoms with Gasteiger partial charge in [-0.05, 0) is 24.0 Å². The molecule has 1 aromatic rings. The predicted molar refractivity (Wildman–Crippen MR) is 61.2 cm³/mol. The van der Waals surface area contributed by atoms with Gasteiger partial charge in [0.2, 0.25) is 0 Å². The topological polar surface area (TPSA) is 26.1 Å². The van der Waals surface area contributed by atoms with E-state index in [0.29, 0.717) is 12.0 Å². The molecular weight excluding hydrogens is 184 g/mol. The Morgan fingerprint density at radius 2 is 2.20 bits per heavy atom. The highest BCUT2D eigenvalue weighted by molar-refractivity contribution is 5.36. The molecule has 15 heavy (non-hydrogen) atoms. The first kappa shape index (κ1) is 9.37. The Kier molecular flexibility index (Phi) is 2.47. The van der Waals surface area contributed by atoms with E-state index in [2.05, 4.69) is 29.6 Å². The fourth-order valence-corrected chi connectivity index (χ4v) is 2.88. The summed E-state index contributed by atoms with van der Waals surface area (Å²) >= 11 is 0. The van der Waals surface area contributed by atoms with Crippen LogP contribution in [0.1, 0.15) is 23.5 Å². The minimum absolute atomic E-state index is 0.516. The fraction of sp³-hybridized carbons (Fsp3) is 0.538. The molecule has 1 radical (unpaired) electrons. The second-order valence-electron chi connectivity index (χ2n) is 4.52. The van der Waals surface area contributed by atoms with Crippen LogP contribution in [0.15, 0.2) is 24.3 Å². The number of benzene rings is 1. The molecule has 1 N–H and O–H groups in total. The highest BCUT2D eigenvalue weighted by atomic mass is 15.1. The van der Waals surface area contributed by atoms with E-state index in [1.165, 1.54) is 12.8 Å². The van der Waals surface area contributed by atoms with Crippen molar-refractivity contribution in [3.8, 4) is 0 Å². The minimum Gasteiger partial charge on any atom is -0.314 e. The first-order valence-corrected chi connectivity index (χ1v) is 5.90. The second-order valence-corrected chi connectivity index (χ2v) is 4.52. The molecule has 0 aromatic heterocycles. The monoisotopic (exact) mass is 201 g/mol. The molecule has 79 valence electrons. The third-order valence-corrected chi connectivity index (χ3v) is 3.65. The highest BCUT2D eigenvalue weighted by Gasteiger charge is 2.30. The van der Waals surface area contributed by atoms with Gasteiger partial charge in [-0.3, -0.25) is 0 Å². The Bertz CT molecular complexity index is 342. The number of nitrogens with zero attached hydrogens (tertiary/aromatic N) is 1. The van der Waals surface area contributed by atoms with Crippen molar-refractivity contribution in [1.29, 1.82) is 0 Å². The summed E-state index contributed by atoms with van der Waals surface area (Å²) < 4.78 is 0. The predicted octanol–water partition coefficient (Wildman–Crippen LogP) is 1.29. The summed E-state index contributed by atoms with van der Waals surface area (Å²) in [6, 6.07) is 9.38. The lowest BCUT2D eigenvalue weighted by Crippen LogP contribution is -2.46. The molecule has 1 aliphatic carbocycles. The van der Waals surface area contributed by atoms with E-state index in [0.717, 1.165) is 19.6 Å². The number of fused-ring (bicyclic) bond motifs is 1. The van der Waals surface area contributed by atoms with Gasteiger partial charge in [-0.15, -0.1) is 0 Å². The zero-order valence-corrected chi connectivity index (χ0v) is 8.95. The molecule has 1 fully saturated rings. The smallest absolute Gasteiger partial charge is 0.0440 e. The molecule has 2 atom stereocenters. The lowest BCUT2D eigenvalue weighted by Gasteiger charge is -2.28. The Hall–Kier alpha value is -0.860. The highest BCUT2D eigenvalue weighted by Crippen LogP contribution is 2.35. The van der Waals surface area contributed by atoms with E-state index >= 15 is 0 Å². The number of nitrogens with one attached hydrogen (secondary N) is 1. The quantitative estimate of drug-likeness (QED) is 0.728. The zero-order valence-electron chi connectivity index (χ0n) is 8.95. The number of aryl methyl sites for hydroxylation is 1. The van der Waals surface area contributed by atoms with Crippen LogP contribution < -0.4 is 10.6 Å². The SMILES string of the molecule is c1ccc2c(c1)CCC2C1CNCC[N]1. The summed E-state index contributed by atoms with van der Waals surface area (Å²) in [4.78, 5) is 0. The van der Waals surface area contributed by atoms with Gasteiger partial charge in [-0.25, -0.2) is 5.32 Å². The normalized spacial score (nSPS) is 30.1. The van der Waals surface area contributed by atoms with E-state index in [1.807, 2.05) is 0 Å². The van der Waals surface area contributed by atoms with Crippen LogP contribution in [0.4, 0.5) is 0 Å². The maximum absolute atomic E-state index is 4.75. The summed E-state index contributed by atoms with van der Waals surface area (Å²) in [5, 5.41) is 8.20. The van der Waals surface area contributed by atoms with Crippen LogP contribution in [0, 0.1) is 0 Å². The van der Waals surface area contributed by atoms with Gasteiger partial charge < -0.3 is 5.32 Å². The fourth-order valence-electron chi connectivity index (χ4n) is 2.88. The largest absolute Gasteiger partial charge is 0.314 e. The lowest BCUT2D eigenvalue weighted by molar-refractivity contribution is 0.357. The number of piperazine rings is 1. The summed E-state index contributed by atoms with van der Waals surface area (Å²) in [5.41, 5.74) is 3.10. The molecule has 0 saturated carbocycles. The van der Waals surface area contributed by atoms with Crippen LogP contribution >= 0.6 is 0 Å². The van der Waals surface area contributed by atoms with E-state index in [4.69, 9.17) is 5.32 Å². The average Bonchev–Trinajstić information content (AvgIpc) is 2.74. The Morgan fingerprint density at radius 3 is 3.07 bits per heavy atom. The molecule has 2 unspecified atom stereocenters. The van der Waals surface area contributed by atoms with E-state index in [9.17, 15) is 0 Å². The van der Waals surface area contributed by atoms with Crippen LogP contribution in [0.3, 0.4) is 0 Å². The van der Waals surface area contributed by atoms with Crippen LogP contribution in [0.5, 0.6) is 0 Å². The van der Waals surface area contributed by atoms with Gasteiger partial charge in [0, 0.05) is 31.6 Å². The van der Waals surface area contributed by atoms with E-state index in [1.54, 1.807) is 11.1 Å². The Morgan fingerprint density at radius 1 is 1.27 bits per heavy atom. The molecule has 2 heteroatoms. The molecule has 1 saturated heterocycles. The van der Waals surface area contributed by atoms with Crippen molar-refractivity contribution in [2.24, 2.45) is 0 Å². The summed E-state index contributed by atoms with van der Waals surface area (Å²) in [6.07, 6.45) is 2.53. The molecule has 0 spiro atoms. The molecule has 2 aliphatic rings. The van der Waals surface area contributed by atoms with Gasteiger partial charge in [-0.2, -0.15) is 0 Å². The van der Waals surface area contributed by atoms with Crippen LogP contribution in [-0.4, -0.2) is 25.7 Å². The molecule has 1 heterocycles. The molecule has 0 bridgehead atoms. The van der Waals surface area contributed by atoms with E-state index in [-0.39, 0.29) is 0 Å². The molecule has 0 amide bonds. The maximum Gasteiger partial charge on any atom is 0.0440 e. The third-order valence-electron chi connectivity index (χ3n) is 3.65. The van der Waals surface area contributed by atoms with Crippen molar-refractivity contribution >= 4 is 0 Å². The van der Waals surface area contributed by atoms with Crippen LogP contribution in [0.2, 0.25) is 0 Å². The first-order chi connectivity index (χ1) is 7.45. The van der Waals surface area contributed by atoms with Crippen molar-refractivity contribution in [3.63, 3.8) is 0 Å². The van der Waals surface area contributed by atoms with Crippen LogP contribution in [0.25, 0.3) is 0 Å². The average molecular weight is 201 g/mol. The van der Waals surface area contributed by atoms with Gasteiger partial charge >= 0.3 is 0 Å².